The third-order valence-electron chi connectivity index (χ3n) is 3.95. The van der Waals surface area contributed by atoms with Gasteiger partial charge in [0.1, 0.15) is 5.75 Å². The van der Waals surface area contributed by atoms with Gasteiger partial charge >= 0.3 is 0 Å². The zero-order valence-corrected chi connectivity index (χ0v) is 12.2. The van der Waals surface area contributed by atoms with Gasteiger partial charge in [-0.05, 0) is 36.6 Å². The molecule has 1 saturated carbocycles. The Labute approximate surface area is 125 Å². The van der Waals surface area contributed by atoms with Gasteiger partial charge in [-0.25, -0.2) is 0 Å². The van der Waals surface area contributed by atoms with Crippen molar-refractivity contribution in [2.45, 2.75) is 44.1 Å². The number of carbonyl (C=O) groups excluding carboxylic acids is 1. The summed E-state index contributed by atoms with van der Waals surface area (Å²) in [5.41, 5.74) is 0.0922. The van der Waals surface area contributed by atoms with Crippen LogP contribution in [0.2, 0.25) is 0 Å². The van der Waals surface area contributed by atoms with Gasteiger partial charge < -0.3 is 15.5 Å². The van der Waals surface area contributed by atoms with Gasteiger partial charge in [-0.15, -0.1) is 0 Å². The van der Waals surface area contributed by atoms with E-state index in [2.05, 4.69) is 5.32 Å². The lowest BCUT2D eigenvalue weighted by molar-refractivity contribution is -0.117. The number of phenolic OH excluding ortho intramolecular Hbond substituents is 1. The van der Waals surface area contributed by atoms with E-state index >= 15 is 0 Å². The molecule has 1 amide bonds. The number of benzene rings is 1. The van der Waals surface area contributed by atoms with Gasteiger partial charge in [0.2, 0.25) is 5.91 Å². The largest absolute Gasteiger partial charge is 0.508 e. The van der Waals surface area contributed by atoms with Gasteiger partial charge in [0.25, 0.3) is 0 Å². The first-order valence-corrected chi connectivity index (χ1v) is 7.55. The Morgan fingerprint density at radius 1 is 1.14 bits per heavy atom. The number of phenols is 1. The number of hydrogen-bond acceptors (Lipinski definition) is 3. The van der Waals surface area contributed by atoms with Crippen LogP contribution in [-0.4, -0.2) is 28.3 Å². The van der Waals surface area contributed by atoms with Gasteiger partial charge in [-0.3, -0.25) is 4.79 Å². The second-order valence-electron chi connectivity index (χ2n) is 5.78. The maximum atomic E-state index is 11.8. The molecule has 0 radical (unpaired) electrons. The van der Waals surface area contributed by atoms with Gasteiger partial charge in [0.05, 0.1) is 5.60 Å². The summed E-state index contributed by atoms with van der Waals surface area (Å²) in [6.45, 7) is 0.311. The number of aliphatic hydroxyl groups is 1. The van der Waals surface area contributed by atoms with Crippen molar-refractivity contribution >= 4 is 12.0 Å². The van der Waals surface area contributed by atoms with Crippen LogP contribution in [0.15, 0.2) is 30.3 Å². The molecule has 1 fully saturated rings. The second-order valence-corrected chi connectivity index (χ2v) is 5.78. The highest BCUT2D eigenvalue weighted by Gasteiger charge is 2.27. The standard InChI is InChI=1S/C17H23NO3/c19-15-8-5-14(6-9-15)7-10-16(20)18-13-17(21)11-3-1-2-4-12-17/h5-10,19,21H,1-4,11-13H2,(H,18,20). The van der Waals surface area contributed by atoms with Crippen LogP contribution in [-0.2, 0) is 4.79 Å². The number of carbonyl (C=O) groups is 1. The van der Waals surface area contributed by atoms with Crippen LogP contribution in [0.3, 0.4) is 0 Å². The molecule has 0 aromatic heterocycles. The summed E-state index contributed by atoms with van der Waals surface area (Å²) in [5.74, 6) is -0.00654. The molecule has 0 bridgehead atoms. The number of rotatable bonds is 4. The fourth-order valence-corrected chi connectivity index (χ4v) is 2.63. The maximum absolute atomic E-state index is 11.8. The summed E-state index contributed by atoms with van der Waals surface area (Å²) in [6.07, 6.45) is 9.03. The minimum Gasteiger partial charge on any atom is -0.508 e. The SMILES string of the molecule is O=C(C=Cc1ccc(O)cc1)NCC1(O)CCCCCC1. The average Bonchev–Trinajstić information content (AvgIpc) is 2.70. The lowest BCUT2D eigenvalue weighted by Crippen LogP contribution is -2.42. The van der Waals surface area contributed by atoms with Crippen LogP contribution in [0.25, 0.3) is 6.08 Å². The van der Waals surface area contributed by atoms with Gasteiger partial charge in [0.15, 0.2) is 0 Å². The van der Waals surface area contributed by atoms with Crippen LogP contribution in [0, 0.1) is 0 Å². The molecule has 2 rings (SSSR count). The molecule has 3 N–H and O–H groups in total. The second kappa shape index (κ2) is 7.27. The van der Waals surface area contributed by atoms with Gasteiger partial charge in [-0.2, -0.15) is 0 Å². The summed E-state index contributed by atoms with van der Waals surface area (Å²) in [5, 5.41) is 22.4. The van der Waals surface area contributed by atoms with Crippen molar-refractivity contribution in [3.63, 3.8) is 0 Å². The van der Waals surface area contributed by atoms with Crippen LogP contribution in [0.1, 0.15) is 44.1 Å². The zero-order valence-electron chi connectivity index (χ0n) is 12.2. The minimum atomic E-state index is -0.751. The topological polar surface area (TPSA) is 69.6 Å². The Kier molecular flexibility index (Phi) is 5.39. The summed E-state index contributed by atoms with van der Waals surface area (Å²) in [4.78, 5) is 11.8. The third kappa shape index (κ3) is 5.23. The third-order valence-corrected chi connectivity index (χ3v) is 3.95. The fourth-order valence-electron chi connectivity index (χ4n) is 2.63. The predicted octanol–water partition coefficient (Wildman–Crippen LogP) is 2.61. The van der Waals surface area contributed by atoms with Crippen molar-refractivity contribution in [3.8, 4) is 5.75 Å². The molecule has 21 heavy (non-hydrogen) atoms. The quantitative estimate of drug-likeness (QED) is 0.589. The highest BCUT2D eigenvalue weighted by atomic mass is 16.3. The zero-order chi connectivity index (χ0) is 15.1. The molecule has 1 aromatic rings. The normalized spacial score (nSPS) is 18.3. The fraction of sp³-hybridized carbons (Fsp3) is 0.471. The van der Waals surface area contributed by atoms with E-state index in [1.54, 1.807) is 30.3 Å². The Morgan fingerprint density at radius 3 is 2.38 bits per heavy atom. The van der Waals surface area contributed by atoms with Crippen molar-refractivity contribution in [3.05, 3.63) is 35.9 Å². The molecule has 1 aromatic carbocycles. The van der Waals surface area contributed by atoms with Crippen LogP contribution in [0.4, 0.5) is 0 Å². The number of aromatic hydroxyl groups is 1. The first kappa shape index (κ1) is 15.6. The monoisotopic (exact) mass is 289 g/mol. The van der Waals surface area contributed by atoms with Crippen molar-refractivity contribution in [1.82, 2.24) is 5.32 Å². The van der Waals surface area contributed by atoms with E-state index < -0.39 is 5.60 Å². The van der Waals surface area contributed by atoms with Crippen LogP contribution < -0.4 is 5.32 Å². The molecule has 0 unspecified atom stereocenters. The average molecular weight is 289 g/mol. The molecule has 0 spiro atoms. The van der Waals surface area contributed by atoms with Crippen molar-refractivity contribution < 1.29 is 15.0 Å². The first-order chi connectivity index (χ1) is 10.1. The smallest absolute Gasteiger partial charge is 0.244 e. The number of hydrogen-bond donors (Lipinski definition) is 3. The van der Waals surface area contributed by atoms with Crippen molar-refractivity contribution in [2.75, 3.05) is 6.54 Å². The summed E-state index contributed by atoms with van der Waals surface area (Å²) >= 11 is 0. The molecular formula is C17H23NO3. The lowest BCUT2D eigenvalue weighted by Gasteiger charge is -2.26. The molecule has 4 nitrogen and oxygen atoms in total. The van der Waals surface area contributed by atoms with Crippen LogP contribution in [0.5, 0.6) is 5.75 Å². The number of nitrogens with one attached hydrogen (secondary N) is 1. The van der Waals surface area contributed by atoms with Crippen molar-refractivity contribution in [1.29, 1.82) is 0 Å². The molecule has 1 aliphatic carbocycles. The molecule has 0 aliphatic heterocycles. The molecule has 0 atom stereocenters. The molecule has 0 heterocycles. The van der Waals surface area contributed by atoms with E-state index in [0.29, 0.717) is 6.54 Å². The Balaban J connectivity index is 1.82. The molecular weight excluding hydrogens is 266 g/mol. The summed E-state index contributed by atoms with van der Waals surface area (Å²) < 4.78 is 0. The van der Waals surface area contributed by atoms with E-state index in [0.717, 1.165) is 44.1 Å². The Bertz CT molecular complexity index is 485. The minimum absolute atomic E-state index is 0.201. The Morgan fingerprint density at radius 2 is 1.76 bits per heavy atom. The highest BCUT2D eigenvalue weighted by Crippen LogP contribution is 2.26. The van der Waals surface area contributed by atoms with E-state index in [1.165, 1.54) is 6.08 Å². The Hall–Kier alpha value is -1.81. The lowest BCUT2D eigenvalue weighted by atomic mass is 9.94. The first-order valence-electron chi connectivity index (χ1n) is 7.55. The van der Waals surface area contributed by atoms with Crippen molar-refractivity contribution in [2.24, 2.45) is 0 Å². The molecule has 4 heteroatoms. The summed E-state index contributed by atoms with van der Waals surface area (Å²) in [7, 11) is 0. The van der Waals surface area contributed by atoms with E-state index in [1.807, 2.05) is 0 Å². The molecule has 0 saturated heterocycles. The van der Waals surface area contributed by atoms with Gasteiger partial charge in [0, 0.05) is 12.6 Å². The predicted molar refractivity (Wildman–Crippen MR) is 82.8 cm³/mol. The molecule has 1 aliphatic rings. The highest BCUT2D eigenvalue weighted by molar-refractivity contribution is 5.91. The number of amides is 1. The van der Waals surface area contributed by atoms with E-state index in [-0.39, 0.29) is 11.7 Å². The van der Waals surface area contributed by atoms with E-state index in [9.17, 15) is 15.0 Å². The molecule has 114 valence electrons. The van der Waals surface area contributed by atoms with E-state index in [4.69, 9.17) is 0 Å². The maximum Gasteiger partial charge on any atom is 0.244 e. The van der Waals surface area contributed by atoms with Gasteiger partial charge in [-0.1, -0.05) is 37.8 Å². The summed E-state index contributed by atoms with van der Waals surface area (Å²) in [6, 6.07) is 6.62. The van der Waals surface area contributed by atoms with Crippen LogP contribution >= 0.6 is 0 Å².